The van der Waals surface area contributed by atoms with Crippen LogP contribution in [0.25, 0.3) is 90.4 Å². The molecule has 0 saturated heterocycles. The molecule has 3 aromatic heterocycles. The summed E-state index contributed by atoms with van der Waals surface area (Å²) < 4.78 is 181. The third kappa shape index (κ3) is 7.54. The van der Waals surface area contributed by atoms with Crippen LogP contribution in [-0.4, -0.2) is 46.0 Å². The van der Waals surface area contributed by atoms with E-state index < -0.39 is 58.6 Å². The van der Waals surface area contributed by atoms with Crippen LogP contribution in [0.1, 0.15) is 22.8 Å². The number of hydrogen-bond acceptors (Lipinski definition) is 2. The second kappa shape index (κ2) is 17.1. The summed E-state index contributed by atoms with van der Waals surface area (Å²) in [4.78, 5) is 19.0. The van der Waals surface area contributed by atoms with Crippen LogP contribution in [-0.2, 0) is 17.1 Å². The minimum Gasteiger partial charge on any atom is -0.657 e. The van der Waals surface area contributed by atoms with Crippen LogP contribution >= 0.6 is 0 Å². The maximum Gasteiger partial charge on any atom is 2.00 e. The first-order valence-corrected chi connectivity index (χ1v) is 19.9. The summed E-state index contributed by atoms with van der Waals surface area (Å²) in [5.41, 5.74) is -1.47. The second-order valence-corrected chi connectivity index (χ2v) is 15.2. The van der Waals surface area contributed by atoms with Gasteiger partial charge in [-0.2, -0.15) is 43.9 Å². The molecule has 7 aromatic rings. The van der Waals surface area contributed by atoms with Gasteiger partial charge in [-0.15, -0.1) is 22.1 Å². The van der Waals surface area contributed by atoms with E-state index in [9.17, 15) is 26.3 Å². The van der Waals surface area contributed by atoms with Crippen molar-refractivity contribution in [1.82, 2.24) is 19.9 Å². The number of fused-ring (bicyclic) bond motifs is 8. The quantitative estimate of drug-likeness (QED) is 0.101. The SMILES string of the molecule is FC(F)C(F)(F)C(F)(F)C(F)(F)C(F)(F)C(F)(F)C1=Cc2nc1c(-c1ccccc1)c1ccc([n-]1)c(-c1ccccc1)c1nc(c(-c3ccccc3)c3ccc([n-]3)c2-c2ccccc2)C=C1.[Cu+2]. The summed E-state index contributed by atoms with van der Waals surface area (Å²) in [6, 6.07) is 38.0. The summed E-state index contributed by atoms with van der Waals surface area (Å²) in [7, 11) is 0. The largest absolute Gasteiger partial charge is 2.00 e. The molecule has 4 aromatic carbocycles. The molecule has 0 saturated carbocycles. The van der Waals surface area contributed by atoms with E-state index in [1.165, 1.54) is 72.8 Å². The molecule has 2 aliphatic rings. The van der Waals surface area contributed by atoms with E-state index in [0.29, 0.717) is 33.6 Å². The molecular formula is C50H28CuF12N4. The minimum atomic E-state index is -7.81. The van der Waals surface area contributed by atoms with Gasteiger partial charge < -0.3 is 9.97 Å². The van der Waals surface area contributed by atoms with Gasteiger partial charge in [-0.1, -0.05) is 146 Å². The van der Waals surface area contributed by atoms with E-state index in [2.05, 4.69) is 4.98 Å². The molecule has 2 aliphatic heterocycles. The molecule has 0 fully saturated rings. The standard InChI is InChI=1S/C50H28F12N4.Cu/c51-45(52)47(55,56)49(59,60)50(61,62)48(57,58)46(53,54)32-27-39-42(30-17-9-3-10-18-30)37-24-23-35(64-37)40(28-13-5-1-6-14-28)33-21-22-34(63-33)41(29-15-7-2-8-16-29)36-25-26-38(65-36)43(44(32)66-39)31-19-11-4-12-20-31;/h1-27,45H;/q-2;+2. The Morgan fingerprint density at radius 2 is 0.731 bits per heavy atom. The molecule has 0 N–H and O–H groups in total. The van der Waals surface area contributed by atoms with E-state index in [0.717, 1.165) is 0 Å². The van der Waals surface area contributed by atoms with Crippen LogP contribution in [0.3, 0.4) is 0 Å². The summed E-state index contributed by atoms with van der Waals surface area (Å²) >= 11 is 0. The zero-order valence-corrected chi connectivity index (χ0v) is 34.7. The van der Waals surface area contributed by atoms with Gasteiger partial charge >= 0.3 is 53.1 Å². The number of halogens is 12. The Hall–Kier alpha value is -6.84. The summed E-state index contributed by atoms with van der Waals surface area (Å²) in [6.45, 7) is 0. The number of benzene rings is 4. The molecular weight excluding hydrogens is 948 g/mol. The van der Waals surface area contributed by atoms with Crippen molar-refractivity contribution in [1.29, 1.82) is 0 Å². The van der Waals surface area contributed by atoms with E-state index >= 15 is 26.3 Å². The average molecular weight is 976 g/mol. The first-order chi connectivity index (χ1) is 31.4. The third-order valence-corrected chi connectivity index (χ3v) is 11.2. The molecule has 17 heteroatoms. The smallest absolute Gasteiger partial charge is 0.657 e. The Kier molecular flexibility index (Phi) is 11.9. The van der Waals surface area contributed by atoms with E-state index in [1.807, 2.05) is 0 Å². The van der Waals surface area contributed by atoms with Crippen LogP contribution in [0.4, 0.5) is 52.7 Å². The number of alkyl halides is 12. The zero-order chi connectivity index (χ0) is 46.8. The van der Waals surface area contributed by atoms with Gasteiger partial charge in [-0.25, -0.2) is 18.7 Å². The molecule has 4 nitrogen and oxygen atoms in total. The monoisotopic (exact) mass is 975 g/mol. The summed E-state index contributed by atoms with van der Waals surface area (Å²) in [6.07, 6.45) is -1.91. The van der Waals surface area contributed by atoms with E-state index in [4.69, 9.17) is 15.0 Å². The van der Waals surface area contributed by atoms with Gasteiger partial charge in [-0.05, 0) is 62.7 Å². The first-order valence-electron chi connectivity index (χ1n) is 19.9. The number of hydrogen-bond donors (Lipinski definition) is 0. The van der Waals surface area contributed by atoms with Gasteiger partial charge in [0, 0.05) is 0 Å². The second-order valence-electron chi connectivity index (χ2n) is 15.2. The topological polar surface area (TPSA) is 54.0 Å². The molecule has 8 bridgehead atoms. The molecule has 0 atom stereocenters. The predicted octanol–water partition coefficient (Wildman–Crippen LogP) is 14.4. The maximum atomic E-state index is 17.0. The van der Waals surface area contributed by atoms with Gasteiger partial charge in [0.2, 0.25) is 0 Å². The normalized spacial score (nSPS) is 13.4. The average Bonchev–Trinajstić information content (AvgIpc) is 4.15. The molecule has 0 aliphatic carbocycles. The number of nitrogens with zero attached hydrogens (tertiary/aromatic N) is 4. The molecule has 9 rings (SSSR count). The van der Waals surface area contributed by atoms with E-state index in [1.54, 1.807) is 84.9 Å². The van der Waals surface area contributed by atoms with Crippen LogP contribution in [0.15, 0.2) is 146 Å². The van der Waals surface area contributed by atoms with Crippen molar-refractivity contribution in [3.63, 3.8) is 0 Å². The number of allylic oxidation sites excluding steroid dienone is 1. The van der Waals surface area contributed by atoms with Crippen molar-refractivity contribution in [2.24, 2.45) is 0 Å². The fraction of sp³-hybridized carbons (Fsp3) is 0.120. The number of aromatic nitrogens is 4. The third-order valence-electron chi connectivity index (χ3n) is 11.2. The van der Waals surface area contributed by atoms with Crippen molar-refractivity contribution in [3.05, 3.63) is 168 Å². The Morgan fingerprint density at radius 3 is 1.10 bits per heavy atom. The van der Waals surface area contributed by atoms with Crippen molar-refractivity contribution in [3.8, 4) is 44.5 Å². The molecule has 0 unspecified atom stereocenters. The fourth-order valence-corrected chi connectivity index (χ4v) is 7.91. The Morgan fingerprint density at radius 1 is 0.388 bits per heavy atom. The maximum absolute atomic E-state index is 17.0. The van der Waals surface area contributed by atoms with E-state index in [-0.39, 0.29) is 61.9 Å². The Bertz CT molecular complexity index is 3210. The van der Waals surface area contributed by atoms with Gasteiger partial charge in [-0.3, -0.25) is 0 Å². The number of rotatable bonds is 10. The Labute approximate surface area is 383 Å². The molecule has 0 amide bonds. The minimum absolute atomic E-state index is 0. The summed E-state index contributed by atoms with van der Waals surface area (Å²) in [5.74, 6) is -36.8. The molecule has 343 valence electrons. The molecule has 5 heterocycles. The van der Waals surface area contributed by atoms with Crippen LogP contribution in [0.5, 0.6) is 0 Å². The van der Waals surface area contributed by atoms with Gasteiger partial charge in [0.15, 0.2) is 0 Å². The van der Waals surface area contributed by atoms with Crippen molar-refractivity contribution in [2.45, 2.75) is 36.0 Å². The van der Waals surface area contributed by atoms with Crippen molar-refractivity contribution < 1.29 is 69.8 Å². The van der Waals surface area contributed by atoms with Gasteiger partial charge in [0.05, 0.1) is 28.3 Å². The van der Waals surface area contributed by atoms with Gasteiger partial charge in [0.25, 0.3) is 0 Å². The molecule has 0 spiro atoms. The molecule has 1 radical (unpaired) electrons. The fourth-order valence-electron chi connectivity index (χ4n) is 7.91. The van der Waals surface area contributed by atoms with Gasteiger partial charge in [0.1, 0.15) is 0 Å². The summed E-state index contributed by atoms with van der Waals surface area (Å²) in [5, 5.41) is 0. The predicted molar refractivity (Wildman–Crippen MR) is 228 cm³/mol. The Balaban J connectivity index is 0.00000608. The zero-order valence-electron chi connectivity index (χ0n) is 33.8. The van der Waals surface area contributed by atoms with Crippen molar-refractivity contribution >= 4 is 45.9 Å². The van der Waals surface area contributed by atoms with Crippen LogP contribution in [0.2, 0.25) is 0 Å². The van der Waals surface area contributed by atoms with Crippen LogP contribution < -0.4 is 9.97 Å². The molecule has 67 heavy (non-hydrogen) atoms. The van der Waals surface area contributed by atoms with Crippen molar-refractivity contribution in [2.75, 3.05) is 0 Å². The van der Waals surface area contributed by atoms with Crippen LogP contribution in [0, 0.1) is 0 Å². The first kappa shape index (κ1) is 46.7.